The summed E-state index contributed by atoms with van der Waals surface area (Å²) in [5, 5.41) is 18.1. The number of carbonyl (C=O) groups excluding carboxylic acids is 1. The number of imidazole rings is 1. The largest absolute Gasteiger partial charge is 0.487 e. The van der Waals surface area contributed by atoms with Gasteiger partial charge in [0.15, 0.2) is 5.75 Å². The predicted molar refractivity (Wildman–Crippen MR) is 134 cm³/mol. The zero-order chi connectivity index (χ0) is 24.5. The summed E-state index contributed by atoms with van der Waals surface area (Å²) in [5.74, 6) is 0.426. The van der Waals surface area contributed by atoms with E-state index in [0.29, 0.717) is 35.1 Å². The molecule has 2 N–H and O–H groups in total. The van der Waals surface area contributed by atoms with E-state index in [1.165, 1.54) is 6.07 Å². The van der Waals surface area contributed by atoms with Crippen molar-refractivity contribution in [1.82, 2.24) is 9.55 Å². The van der Waals surface area contributed by atoms with Gasteiger partial charge in [-0.2, -0.15) is 0 Å². The van der Waals surface area contributed by atoms with Gasteiger partial charge in [0.1, 0.15) is 0 Å². The van der Waals surface area contributed by atoms with E-state index in [9.17, 15) is 14.9 Å². The first-order valence-electron chi connectivity index (χ1n) is 11.2. The van der Waals surface area contributed by atoms with Crippen LogP contribution in [0.5, 0.6) is 5.75 Å². The molecule has 1 aliphatic rings. The second kappa shape index (κ2) is 8.94. The molecule has 1 amide bonds. The normalized spacial score (nSPS) is 14.9. The Morgan fingerprint density at radius 2 is 1.89 bits per heavy atom. The SMILES string of the molecule is CCOc1ccc([C@H]2C(C(=O)Nc3ccccc3)=C(C)Nc3nc4ccccc4n32)cc1[N+](=O)[O-]. The molecule has 0 saturated heterocycles. The van der Waals surface area contributed by atoms with Gasteiger partial charge in [-0.3, -0.25) is 19.5 Å². The lowest BCUT2D eigenvalue weighted by Gasteiger charge is -2.30. The van der Waals surface area contributed by atoms with Crippen LogP contribution in [-0.4, -0.2) is 27.0 Å². The van der Waals surface area contributed by atoms with Gasteiger partial charge in [-0.15, -0.1) is 0 Å². The molecule has 9 nitrogen and oxygen atoms in total. The lowest BCUT2D eigenvalue weighted by atomic mass is 9.93. The Morgan fingerprint density at radius 3 is 2.63 bits per heavy atom. The zero-order valence-corrected chi connectivity index (χ0v) is 19.2. The number of amides is 1. The van der Waals surface area contributed by atoms with Gasteiger partial charge in [0.2, 0.25) is 5.95 Å². The van der Waals surface area contributed by atoms with E-state index in [2.05, 4.69) is 15.6 Å². The smallest absolute Gasteiger partial charge is 0.311 e. The minimum atomic E-state index is -0.656. The maximum absolute atomic E-state index is 13.6. The lowest BCUT2D eigenvalue weighted by Crippen LogP contribution is -2.31. The van der Waals surface area contributed by atoms with E-state index in [1.807, 2.05) is 47.0 Å². The molecule has 0 unspecified atom stereocenters. The highest BCUT2D eigenvalue weighted by molar-refractivity contribution is 6.06. The van der Waals surface area contributed by atoms with Gasteiger partial charge in [0.25, 0.3) is 5.91 Å². The van der Waals surface area contributed by atoms with Crippen molar-refractivity contribution in [1.29, 1.82) is 0 Å². The van der Waals surface area contributed by atoms with Crippen molar-refractivity contribution in [2.24, 2.45) is 0 Å². The fraction of sp³-hybridized carbons (Fsp3) is 0.154. The van der Waals surface area contributed by atoms with E-state index in [-0.39, 0.29) is 17.3 Å². The van der Waals surface area contributed by atoms with E-state index < -0.39 is 11.0 Å². The number of nitro benzene ring substituents is 1. The van der Waals surface area contributed by atoms with Gasteiger partial charge in [-0.05, 0) is 49.7 Å². The van der Waals surface area contributed by atoms with Crippen LogP contribution in [-0.2, 0) is 4.79 Å². The quantitative estimate of drug-likeness (QED) is 0.294. The number of anilines is 2. The molecule has 3 aromatic carbocycles. The molecule has 1 aliphatic heterocycles. The summed E-state index contributed by atoms with van der Waals surface area (Å²) in [6.45, 7) is 3.87. The minimum absolute atomic E-state index is 0.158. The third-order valence-corrected chi connectivity index (χ3v) is 5.90. The number of aromatic nitrogens is 2. The Bertz CT molecular complexity index is 1480. The number of nitro groups is 1. The fourth-order valence-corrected chi connectivity index (χ4v) is 4.42. The second-order valence-electron chi connectivity index (χ2n) is 8.10. The number of fused-ring (bicyclic) bond motifs is 3. The highest BCUT2D eigenvalue weighted by atomic mass is 16.6. The molecule has 0 radical (unpaired) electrons. The van der Waals surface area contributed by atoms with Crippen molar-refractivity contribution in [3.8, 4) is 5.75 Å². The van der Waals surface area contributed by atoms with Gasteiger partial charge in [0, 0.05) is 17.5 Å². The van der Waals surface area contributed by atoms with Crippen molar-refractivity contribution in [3.63, 3.8) is 0 Å². The van der Waals surface area contributed by atoms with Crippen molar-refractivity contribution < 1.29 is 14.5 Å². The number of allylic oxidation sites excluding steroid dienone is 1. The Balaban J connectivity index is 1.70. The average Bonchev–Trinajstić information content (AvgIpc) is 3.22. The Morgan fingerprint density at radius 1 is 1.14 bits per heavy atom. The summed E-state index contributed by atoms with van der Waals surface area (Å²) in [6, 6.07) is 20.9. The summed E-state index contributed by atoms with van der Waals surface area (Å²) in [6.07, 6.45) is 0. The highest BCUT2D eigenvalue weighted by Crippen LogP contribution is 2.41. The molecule has 5 rings (SSSR count). The molecule has 0 bridgehead atoms. The minimum Gasteiger partial charge on any atom is -0.487 e. The summed E-state index contributed by atoms with van der Waals surface area (Å²) in [4.78, 5) is 29.7. The lowest BCUT2D eigenvalue weighted by molar-refractivity contribution is -0.385. The van der Waals surface area contributed by atoms with Gasteiger partial charge in [-0.1, -0.05) is 36.4 Å². The van der Waals surface area contributed by atoms with Crippen LogP contribution >= 0.6 is 0 Å². The Hall–Kier alpha value is -4.66. The number of ether oxygens (including phenoxy) is 1. The van der Waals surface area contributed by atoms with Crippen LogP contribution in [0.1, 0.15) is 25.5 Å². The van der Waals surface area contributed by atoms with Crippen LogP contribution in [0.4, 0.5) is 17.3 Å². The molecule has 4 aromatic rings. The topological polar surface area (TPSA) is 111 Å². The summed E-state index contributed by atoms with van der Waals surface area (Å²) in [7, 11) is 0. The van der Waals surface area contributed by atoms with Crippen LogP contribution in [0.3, 0.4) is 0 Å². The summed E-state index contributed by atoms with van der Waals surface area (Å²) in [5.41, 5.74) is 3.66. The predicted octanol–water partition coefficient (Wildman–Crippen LogP) is 5.27. The Kier molecular flexibility index (Phi) is 5.66. The molecule has 1 atom stereocenters. The molecule has 0 aliphatic carbocycles. The van der Waals surface area contributed by atoms with Crippen LogP contribution in [0, 0.1) is 10.1 Å². The van der Waals surface area contributed by atoms with Crippen molar-refractivity contribution in [2.75, 3.05) is 17.2 Å². The number of benzene rings is 3. The molecule has 0 fully saturated rings. The monoisotopic (exact) mass is 469 g/mol. The summed E-state index contributed by atoms with van der Waals surface area (Å²) >= 11 is 0. The van der Waals surface area contributed by atoms with Gasteiger partial charge >= 0.3 is 5.69 Å². The number of nitrogens with zero attached hydrogens (tertiary/aromatic N) is 3. The standard InChI is InChI=1S/C26H23N5O4/c1-3-35-22-14-13-17(15-21(22)31(33)34)24-23(25(32)28-18-9-5-4-6-10-18)16(2)27-26-29-19-11-7-8-12-20(19)30(24)26/h4-15,24H,3H2,1-2H3,(H,27,29)(H,28,32)/t24-/m0/s1. The fourth-order valence-electron chi connectivity index (χ4n) is 4.42. The van der Waals surface area contributed by atoms with Crippen molar-refractivity contribution in [3.05, 3.63) is 99.7 Å². The third-order valence-electron chi connectivity index (χ3n) is 5.90. The molecular weight excluding hydrogens is 446 g/mol. The van der Waals surface area contributed by atoms with E-state index >= 15 is 0 Å². The van der Waals surface area contributed by atoms with Gasteiger partial charge in [0.05, 0.1) is 34.2 Å². The van der Waals surface area contributed by atoms with Crippen LogP contribution in [0.2, 0.25) is 0 Å². The number of hydrogen-bond donors (Lipinski definition) is 2. The number of hydrogen-bond acceptors (Lipinski definition) is 6. The van der Waals surface area contributed by atoms with Crippen molar-refractivity contribution in [2.45, 2.75) is 19.9 Å². The zero-order valence-electron chi connectivity index (χ0n) is 19.2. The first kappa shape index (κ1) is 22.1. The van der Waals surface area contributed by atoms with E-state index in [1.54, 1.807) is 38.1 Å². The molecule has 176 valence electrons. The average molecular weight is 470 g/mol. The number of carbonyl (C=O) groups is 1. The second-order valence-corrected chi connectivity index (χ2v) is 8.10. The maximum atomic E-state index is 13.6. The number of para-hydroxylation sites is 3. The van der Waals surface area contributed by atoms with Gasteiger partial charge in [-0.25, -0.2) is 4.98 Å². The maximum Gasteiger partial charge on any atom is 0.311 e. The molecule has 1 aromatic heterocycles. The molecule has 9 heteroatoms. The van der Waals surface area contributed by atoms with E-state index in [4.69, 9.17) is 4.74 Å². The number of rotatable bonds is 6. The van der Waals surface area contributed by atoms with Crippen molar-refractivity contribution >= 4 is 34.3 Å². The van der Waals surface area contributed by atoms with Crippen LogP contribution in [0.15, 0.2) is 84.1 Å². The van der Waals surface area contributed by atoms with Gasteiger partial charge < -0.3 is 15.4 Å². The molecule has 35 heavy (non-hydrogen) atoms. The first-order chi connectivity index (χ1) is 17.0. The number of nitrogens with one attached hydrogen (secondary N) is 2. The first-order valence-corrected chi connectivity index (χ1v) is 11.2. The summed E-state index contributed by atoms with van der Waals surface area (Å²) < 4.78 is 7.38. The molecule has 0 spiro atoms. The van der Waals surface area contributed by atoms with Crippen LogP contribution < -0.4 is 15.4 Å². The molecular formula is C26H23N5O4. The van der Waals surface area contributed by atoms with Crippen LogP contribution in [0.25, 0.3) is 11.0 Å². The molecule has 0 saturated carbocycles. The third kappa shape index (κ3) is 3.97. The van der Waals surface area contributed by atoms with E-state index in [0.717, 1.165) is 11.0 Å². The molecule has 2 heterocycles. The Labute approximate surface area is 201 Å². The highest BCUT2D eigenvalue weighted by Gasteiger charge is 2.35.